The first kappa shape index (κ1) is 14.5. The Labute approximate surface area is 119 Å². The zero-order chi connectivity index (χ0) is 13.0. The van der Waals surface area contributed by atoms with Crippen molar-refractivity contribution in [3.05, 3.63) is 27.2 Å². The maximum atomic E-state index is 11.1. The molecule has 0 aliphatic rings. The van der Waals surface area contributed by atoms with Crippen molar-refractivity contribution in [2.24, 2.45) is 0 Å². The molecule has 0 unspecified atom stereocenters. The van der Waals surface area contributed by atoms with Crippen LogP contribution < -0.4 is 10.6 Å². The number of hydrogen-bond donors (Lipinski definition) is 2. The minimum atomic E-state index is -0.191. The summed E-state index contributed by atoms with van der Waals surface area (Å²) in [7, 11) is 0. The predicted octanol–water partition coefficient (Wildman–Crippen LogP) is 3.87. The van der Waals surface area contributed by atoms with E-state index >= 15 is 0 Å². The van der Waals surface area contributed by atoms with Crippen LogP contribution >= 0.6 is 47.0 Å². The van der Waals surface area contributed by atoms with Crippen molar-refractivity contribution < 1.29 is 4.79 Å². The molecule has 0 aliphatic heterocycles. The lowest BCUT2D eigenvalue weighted by Crippen LogP contribution is -2.33. The van der Waals surface area contributed by atoms with E-state index in [0.29, 0.717) is 27.2 Å². The van der Waals surface area contributed by atoms with E-state index in [0.717, 1.165) is 0 Å². The highest BCUT2D eigenvalue weighted by Crippen LogP contribution is 2.33. The summed E-state index contributed by atoms with van der Waals surface area (Å²) < 4.78 is 0. The number of rotatable bonds is 2. The third-order valence-corrected chi connectivity index (χ3v) is 2.84. The summed E-state index contributed by atoms with van der Waals surface area (Å²) in [6.07, 6.45) is 0.337. The lowest BCUT2D eigenvalue weighted by molar-refractivity contribution is -0.119. The van der Waals surface area contributed by atoms with E-state index in [1.165, 1.54) is 12.1 Å². The SMILES string of the molecule is CCC(=O)NC(=S)Nc1c(Cl)cc(Cl)cc1Cl. The van der Waals surface area contributed by atoms with Gasteiger partial charge in [-0.15, -0.1) is 0 Å². The normalized spacial score (nSPS) is 9.88. The van der Waals surface area contributed by atoms with Crippen molar-refractivity contribution in [2.75, 3.05) is 5.32 Å². The molecule has 0 spiro atoms. The van der Waals surface area contributed by atoms with Gasteiger partial charge in [0.2, 0.25) is 5.91 Å². The third-order valence-electron chi connectivity index (χ3n) is 1.82. The van der Waals surface area contributed by atoms with Crippen LogP contribution in [-0.2, 0) is 4.79 Å². The number of hydrogen-bond acceptors (Lipinski definition) is 2. The molecule has 1 amide bonds. The molecule has 0 radical (unpaired) electrons. The van der Waals surface area contributed by atoms with Crippen LogP contribution in [0.4, 0.5) is 5.69 Å². The summed E-state index contributed by atoms with van der Waals surface area (Å²) >= 11 is 22.6. The summed E-state index contributed by atoms with van der Waals surface area (Å²) in [5, 5.41) is 6.45. The number of anilines is 1. The van der Waals surface area contributed by atoms with Crippen molar-refractivity contribution >= 4 is 63.7 Å². The monoisotopic (exact) mass is 310 g/mol. The minimum Gasteiger partial charge on any atom is -0.330 e. The minimum absolute atomic E-state index is 0.142. The molecular formula is C10H9Cl3N2OS. The average molecular weight is 312 g/mol. The van der Waals surface area contributed by atoms with E-state index < -0.39 is 0 Å². The second-order valence-electron chi connectivity index (χ2n) is 3.10. The van der Waals surface area contributed by atoms with Crippen LogP contribution in [0.1, 0.15) is 13.3 Å². The fourth-order valence-electron chi connectivity index (χ4n) is 1.02. The highest BCUT2D eigenvalue weighted by Gasteiger charge is 2.10. The Kier molecular flexibility index (Phi) is 5.46. The van der Waals surface area contributed by atoms with Crippen LogP contribution in [-0.4, -0.2) is 11.0 Å². The smallest absolute Gasteiger partial charge is 0.225 e. The largest absolute Gasteiger partial charge is 0.330 e. The Balaban J connectivity index is 2.82. The first-order valence-electron chi connectivity index (χ1n) is 4.69. The molecule has 1 aromatic rings. The molecule has 0 bridgehead atoms. The molecule has 2 N–H and O–H groups in total. The van der Waals surface area contributed by atoms with Gasteiger partial charge < -0.3 is 10.6 Å². The number of nitrogens with one attached hydrogen (secondary N) is 2. The van der Waals surface area contributed by atoms with Crippen molar-refractivity contribution in [3.8, 4) is 0 Å². The van der Waals surface area contributed by atoms with Gasteiger partial charge in [0.05, 0.1) is 15.7 Å². The van der Waals surface area contributed by atoms with E-state index in [-0.39, 0.29) is 11.0 Å². The molecule has 0 aliphatic carbocycles. The van der Waals surface area contributed by atoms with Crippen LogP contribution in [0.25, 0.3) is 0 Å². The summed E-state index contributed by atoms with van der Waals surface area (Å²) in [6.45, 7) is 1.72. The number of benzene rings is 1. The fraction of sp³-hybridized carbons (Fsp3) is 0.200. The van der Waals surface area contributed by atoms with E-state index in [1.54, 1.807) is 6.92 Å². The number of carbonyl (C=O) groups excluding carboxylic acids is 1. The van der Waals surface area contributed by atoms with Gasteiger partial charge in [0, 0.05) is 11.4 Å². The first-order chi connectivity index (χ1) is 7.93. The van der Waals surface area contributed by atoms with E-state index in [1.807, 2.05) is 0 Å². The standard InChI is InChI=1S/C10H9Cl3N2OS/c1-2-8(16)14-10(17)15-9-6(12)3-5(11)4-7(9)13/h3-4H,2H2,1H3,(H2,14,15,16,17). The Hall–Kier alpha value is -0.550. The lowest BCUT2D eigenvalue weighted by Gasteiger charge is -2.12. The molecule has 0 saturated heterocycles. The van der Waals surface area contributed by atoms with E-state index in [2.05, 4.69) is 10.6 Å². The van der Waals surface area contributed by atoms with Gasteiger partial charge in [0.1, 0.15) is 0 Å². The van der Waals surface area contributed by atoms with Gasteiger partial charge in [0.25, 0.3) is 0 Å². The quantitative estimate of drug-likeness (QED) is 0.815. The number of amides is 1. The maximum absolute atomic E-state index is 11.1. The lowest BCUT2D eigenvalue weighted by atomic mass is 10.3. The highest BCUT2D eigenvalue weighted by atomic mass is 35.5. The number of thiocarbonyl (C=S) groups is 1. The van der Waals surface area contributed by atoms with E-state index in [4.69, 9.17) is 47.0 Å². The van der Waals surface area contributed by atoms with Gasteiger partial charge in [-0.3, -0.25) is 4.79 Å². The van der Waals surface area contributed by atoms with Crippen LogP contribution in [0, 0.1) is 0 Å². The van der Waals surface area contributed by atoms with Crippen LogP contribution in [0.2, 0.25) is 15.1 Å². The molecule has 17 heavy (non-hydrogen) atoms. The fourth-order valence-corrected chi connectivity index (χ4v) is 2.15. The zero-order valence-electron chi connectivity index (χ0n) is 8.81. The maximum Gasteiger partial charge on any atom is 0.225 e. The zero-order valence-corrected chi connectivity index (χ0v) is 11.9. The third kappa shape index (κ3) is 4.32. The molecule has 1 aromatic carbocycles. The molecule has 7 heteroatoms. The molecule has 0 heterocycles. The van der Waals surface area contributed by atoms with E-state index in [9.17, 15) is 4.79 Å². The van der Waals surface area contributed by atoms with Crippen LogP contribution in [0.3, 0.4) is 0 Å². The topological polar surface area (TPSA) is 41.1 Å². The second-order valence-corrected chi connectivity index (χ2v) is 4.76. The van der Waals surface area contributed by atoms with Gasteiger partial charge in [0.15, 0.2) is 5.11 Å². The van der Waals surface area contributed by atoms with Gasteiger partial charge in [-0.05, 0) is 24.4 Å². The Morgan fingerprint density at radius 3 is 2.29 bits per heavy atom. The summed E-state index contributed by atoms with van der Waals surface area (Å²) in [6, 6.07) is 3.06. The van der Waals surface area contributed by atoms with Crippen LogP contribution in [0.5, 0.6) is 0 Å². The number of halogens is 3. The van der Waals surface area contributed by atoms with Gasteiger partial charge in [-0.1, -0.05) is 41.7 Å². The molecular weight excluding hydrogens is 303 g/mol. The highest BCUT2D eigenvalue weighted by molar-refractivity contribution is 7.80. The second kappa shape index (κ2) is 6.40. The number of carbonyl (C=O) groups is 1. The molecule has 0 saturated carbocycles. The molecule has 92 valence electrons. The summed E-state index contributed by atoms with van der Waals surface area (Å²) in [5.74, 6) is -0.191. The van der Waals surface area contributed by atoms with Crippen LogP contribution in [0.15, 0.2) is 12.1 Å². The Morgan fingerprint density at radius 2 is 1.82 bits per heavy atom. The first-order valence-corrected chi connectivity index (χ1v) is 6.23. The molecule has 0 atom stereocenters. The summed E-state index contributed by atoms with van der Waals surface area (Å²) in [5.41, 5.74) is 0.416. The summed E-state index contributed by atoms with van der Waals surface area (Å²) in [4.78, 5) is 11.1. The molecule has 0 fully saturated rings. The Bertz CT molecular complexity index is 442. The Morgan fingerprint density at radius 1 is 1.29 bits per heavy atom. The van der Waals surface area contributed by atoms with Crippen molar-refractivity contribution in [1.82, 2.24) is 5.32 Å². The molecule has 0 aromatic heterocycles. The van der Waals surface area contributed by atoms with Gasteiger partial charge in [-0.2, -0.15) is 0 Å². The molecule has 3 nitrogen and oxygen atoms in total. The van der Waals surface area contributed by atoms with Crippen molar-refractivity contribution in [2.45, 2.75) is 13.3 Å². The van der Waals surface area contributed by atoms with Gasteiger partial charge in [-0.25, -0.2) is 0 Å². The average Bonchev–Trinajstić information content (AvgIpc) is 2.23. The predicted molar refractivity (Wildman–Crippen MR) is 76.1 cm³/mol. The van der Waals surface area contributed by atoms with Crippen molar-refractivity contribution in [1.29, 1.82) is 0 Å². The van der Waals surface area contributed by atoms with Crippen molar-refractivity contribution in [3.63, 3.8) is 0 Å². The van der Waals surface area contributed by atoms with Gasteiger partial charge >= 0.3 is 0 Å². The molecule has 1 rings (SSSR count).